The molecule has 2 fully saturated rings. The predicted octanol–water partition coefficient (Wildman–Crippen LogP) is 4.21. The van der Waals surface area contributed by atoms with E-state index in [1.807, 2.05) is 6.20 Å². The topological polar surface area (TPSA) is 45.5 Å². The van der Waals surface area contributed by atoms with Crippen molar-refractivity contribution in [3.05, 3.63) is 18.2 Å². The highest BCUT2D eigenvalue weighted by Crippen LogP contribution is 2.43. The van der Waals surface area contributed by atoms with Crippen molar-refractivity contribution in [2.45, 2.75) is 71.8 Å². The molecule has 148 valence electrons. The van der Waals surface area contributed by atoms with E-state index in [-0.39, 0.29) is 24.0 Å². The van der Waals surface area contributed by atoms with Gasteiger partial charge in [0.25, 0.3) is 0 Å². The lowest BCUT2D eigenvalue weighted by molar-refractivity contribution is 0.203. The van der Waals surface area contributed by atoms with Gasteiger partial charge in [-0.15, -0.1) is 24.0 Å². The molecule has 0 unspecified atom stereocenters. The van der Waals surface area contributed by atoms with Crippen molar-refractivity contribution in [1.82, 2.24) is 19.8 Å². The molecule has 1 N–H and O–H groups in total. The van der Waals surface area contributed by atoms with Crippen LogP contribution in [-0.4, -0.2) is 46.6 Å². The smallest absolute Gasteiger partial charge is 0.193 e. The summed E-state index contributed by atoms with van der Waals surface area (Å²) in [5.74, 6) is 2.25. The van der Waals surface area contributed by atoms with Crippen LogP contribution < -0.4 is 5.32 Å². The number of aryl methyl sites for hydroxylation is 2. The van der Waals surface area contributed by atoms with Crippen molar-refractivity contribution in [3.63, 3.8) is 0 Å². The molecule has 1 aromatic heterocycles. The van der Waals surface area contributed by atoms with Crippen LogP contribution in [-0.2, 0) is 6.54 Å². The summed E-state index contributed by atoms with van der Waals surface area (Å²) in [5, 5.41) is 3.52. The van der Waals surface area contributed by atoms with Gasteiger partial charge in [-0.1, -0.05) is 19.3 Å². The first-order chi connectivity index (χ1) is 12.2. The standard InChI is InChI=1S/C20H35N5.HI/c1-3-21-19(23-12-7-8-14-24-16-13-22-18(24)2)25-15-11-20(17-25)9-5-4-6-10-20;/h13,16H,3-12,14-15,17H2,1-2H3,(H,21,23);1H. The Bertz CT molecular complexity index is 562. The zero-order valence-corrected chi connectivity index (χ0v) is 18.9. The van der Waals surface area contributed by atoms with Gasteiger partial charge in [-0.2, -0.15) is 0 Å². The van der Waals surface area contributed by atoms with Crippen LogP contribution >= 0.6 is 24.0 Å². The number of hydrogen-bond donors (Lipinski definition) is 1. The maximum Gasteiger partial charge on any atom is 0.193 e. The Morgan fingerprint density at radius 2 is 2.04 bits per heavy atom. The fourth-order valence-corrected chi connectivity index (χ4v) is 4.47. The maximum absolute atomic E-state index is 4.92. The van der Waals surface area contributed by atoms with Crippen LogP contribution in [0.1, 0.15) is 64.1 Å². The number of nitrogens with zero attached hydrogens (tertiary/aromatic N) is 4. The highest BCUT2D eigenvalue weighted by atomic mass is 127. The van der Waals surface area contributed by atoms with E-state index in [4.69, 9.17) is 4.99 Å². The van der Waals surface area contributed by atoms with Gasteiger partial charge in [0, 0.05) is 45.1 Å². The Balaban J connectivity index is 0.00000243. The van der Waals surface area contributed by atoms with Crippen molar-refractivity contribution in [2.75, 3.05) is 26.2 Å². The molecule has 0 bridgehead atoms. The van der Waals surface area contributed by atoms with E-state index in [0.717, 1.165) is 44.3 Å². The average Bonchev–Trinajstić information content (AvgIpc) is 3.21. The summed E-state index contributed by atoms with van der Waals surface area (Å²) in [6, 6.07) is 0. The molecular weight excluding hydrogens is 437 g/mol. The molecule has 0 aromatic carbocycles. The Morgan fingerprint density at radius 1 is 1.23 bits per heavy atom. The summed E-state index contributed by atoms with van der Waals surface area (Å²) in [6.45, 7) is 9.55. The molecule has 2 heterocycles. The fraction of sp³-hybridized carbons (Fsp3) is 0.800. The second-order valence-electron chi connectivity index (χ2n) is 7.84. The quantitative estimate of drug-likeness (QED) is 0.292. The van der Waals surface area contributed by atoms with Gasteiger partial charge in [0.15, 0.2) is 5.96 Å². The monoisotopic (exact) mass is 473 g/mol. The van der Waals surface area contributed by atoms with E-state index in [1.54, 1.807) is 0 Å². The molecule has 1 aromatic rings. The number of guanidine groups is 1. The van der Waals surface area contributed by atoms with Gasteiger partial charge < -0.3 is 14.8 Å². The van der Waals surface area contributed by atoms with E-state index >= 15 is 0 Å². The summed E-state index contributed by atoms with van der Waals surface area (Å²) in [6.07, 6.45) is 14.7. The molecule has 0 radical (unpaired) electrons. The van der Waals surface area contributed by atoms with Crippen LogP contribution in [0, 0.1) is 12.3 Å². The molecule has 1 saturated carbocycles. The van der Waals surface area contributed by atoms with Crippen LogP contribution in [0.5, 0.6) is 0 Å². The van der Waals surface area contributed by atoms with Crippen LogP contribution in [0.3, 0.4) is 0 Å². The number of nitrogens with one attached hydrogen (secondary N) is 1. The third-order valence-electron chi connectivity index (χ3n) is 5.98. The highest BCUT2D eigenvalue weighted by Gasteiger charge is 2.39. The van der Waals surface area contributed by atoms with Crippen molar-refractivity contribution in [2.24, 2.45) is 10.4 Å². The van der Waals surface area contributed by atoms with E-state index in [2.05, 4.69) is 39.8 Å². The first-order valence-corrected chi connectivity index (χ1v) is 10.2. The zero-order valence-electron chi connectivity index (χ0n) is 16.5. The number of unbranched alkanes of at least 4 members (excludes halogenated alkanes) is 1. The maximum atomic E-state index is 4.92. The number of imidazole rings is 1. The predicted molar refractivity (Wildman–Crippen MR) is 119 cm³/mol. The van der Waals surface area contributed by atoms with Crippen LogP contribution in [0.2, 0.25) is 0 Å². The van der Waals surface area contributed by atoms with Gasteiger partial charge in [0.05, 0.1) is 0 Å². The highest BCUT2D eigenvalue weighted by molar-refractivity contribution is 14.0. The average molecular weight is 473 g/mol. The summed E-state index contributed by atoms with van der Waals surface area (Å²) >= 11 is 0. The fourth-order valence-electron chi connectivity index (χ4n) is 4.47. The zero-order chi connectivity index (χ0) is 17.5. The Labute approximate surface area is 176 Å². The van der Waals surface area contributed by atoms with Crippen LogP contribution in [0.4, 0.5) is 0 Å². The van der Waals surface area contributed by atoms with E-state index in [0.29, 0.717) is 5.41 Å². The summed E-state index contributed by atoms with van der Waals surface area (Å²) in [4.78, 5) is 11.7. The Kier molecular flexibility index (Phi) is 8.70. The first-order valence-electron chi connectivity index (χ1n) is 10.2. The van der Waals surface area contributed by atoms with Gasteiger partial charge in [-0.25, -0.2) is 4.98 Å². The molecule has 5 nitrogen and oxygen atoms in total. The van der Waals surface area contributed by atoms with Crippen molar-refractivity contribution in [3.8, 4) is 0 Å². The van der Waals surface area contributed by atoms with Gasteiger partial charge >= 0.3 is 0 Å². The second kappa shape index (κ2) is 10.5. The number of aliphatic imine (C=N–C) groups is 1. The van der Waals surface area contributed by atoms with Crippen molar-refractivity contribution >= 4 is 29.9 Å². The molecular formula is C20H36IN5. The third-order valence-corrected chi connectivity index (χ3v) is 5.98. The number of rotatable bonds is 6. The van der Waals surface area contributed by atoms with Crippen molar-refractivity contribution in [1.29, 1.82) is 0 Å². The summed E-state index contributed by atoms with van der Waals surface area (Å²) in [7, 11) is 0. The lowest BCUT2D eigenvalue weighted by atomic mass is 9.73. The lowest BCUT2D eigenvalue weighted by Gasteiger charge is -2.33. The van der Waals surface area contributed by atoms with Gasteiger partial charge in [0.1, 0.15) is 5.82 Å². The molecule has 0 amide bonds. The largest absolute Gasteiger partial charge is 0.357 e. The second-order valence-corrected chi connectivity index (χ2v) is 7.84. The van der Waals surface area contributed by atoms with E-state index in [1.165, 1.54) is 51.6 Å². The summed E-state index contributed by atoms with van der Waals surface area (Å²) in [5.41, 5.74) is 0.591. The Morgan fingerprint density at radius 3 is 2.73 bits per heavy atom. The molecule has 3 rings (SSSR count). The molecule has 1 spiro atoms. The minimum Gasteiger partial charge on any atom is -0.357 e. The first kappa shape index (κ1) is 21.5. The van der Waals surface area contributed by atoms with Crippen LogP contribution in [0.15, 0.2) is 17.4 Å². The minimum absolute atomic E-state index is 0. The molecule has 26 heavy (non-hydrogen) atoms. The number of halogens is 1. The minimum atomic E-state index is 0. The number of likely N-dealkylation sites (tertiary alicyclic amines) is 1. The van der Waals surface area contributed by atoms with Gasteiger partial charge in [-0.05, 0) is 51.4 Å². The van der Waals surface area contributed by atoms with Crippen LogP contribution in [0.25, 0.3) is 0 Å². The number of aromatic nitrogens is 2. The summed E-state index contributed by atoms with van der Waals surface area (Å²) < 4.78 is 2.22. The molecule has 6 heteroatoms. The molecule has 1 aliphatic carbocycles. The van der Waals surface area contributed by atoms with Gasteiger partial charge in [0.2, 0.25) is 0 Å². The number of hydrogen-bond acceptors (Lipinski definition) is 2. The lowest BCUT2D eigenvalue weighted by Crippen LogP contribution is -2.41. The van der Waals surface area contributed by atoms with E-state index in [9.17, 15) is 0 Å². The Hall–Kier alpha value is -0.790. The molecule has 0 atom stereocenters. The van der Waals surface area contributed by atoms with Gasteiger partial charge in [-0.3, -0.25) is 4.99 Å². The SMILES string of the molecule is CCNC(=NCCCCn1ccnc1C)N1CCC2(CCCCC2)C1.I. The normalized spacial score (nSPS) is 19.6. The molecule has 1 saturated heterocycles. The van der Waals surface area contributed by atoms with Crippen molar-refractivity contribution < 1.29 is 0 Å². The van der Waals surface area contributed by atoms with E-state index < -0.39 is 0 Å². The molecule has 1 aliphatic heterocycles. The molecule has 2 aliphatic rings. The third kappa shape index (κ3) is 5.60.